The molecule has 0 saturated carbocycles. The van der Waals surface area contributed by atoms with Gasteiger partial charge in [0.05, 0.1) is 11.2 Å². The maximum atomic E-state index is 13.1. The fourth-order valence-corrected chi connectivity index (χ4v) is 5.90. The van der Waals surface area contributed by atoms with Gasteiger partial charge in [0, 0.05) is 72.8 Å². The molecule has 39 heavy (non-hydrogen) atoms. The first-order valence-corrected chi connectivity index (χ1v) is 14.4. The quantitative estimate of drug-likeness (QED) is 0.315. The summed E-state index contributed by atoms with van der Waals surface area (Å²) >= 11 is 0. The predicted molar refractivity (Wildman–Crippen MR) is 156 cm³/mol. The van der Waals surface area contributed by atoms with Crippen LogP contribution in [-0.2, 0) is 11.8 Å². The molecule has 2 aliphatic heterocycles. The molecule has 0 spiro atoms. The van der Waals surface area contributed by atoms with Crippen LogP contribution < -0.4 is 10.6 Å². The lowest BCUT2D eigenvalue weighted by molar-refractivity contribution is 0.0693. The highest BCUT2D eigenvalue weighted by Gasteiger charge is 2.20. The van der Waals surface area contributed by atoms with Gasteiger partial charge in [0.15, 0.2) is 0 Å². The van der Waals surface area contributed by atoms with Crippen molar-refractivity contribution >= 4 is 33.4 Å². The molecule has 0 atom stereocenters. The lowest BCUT2D eigenvalue weighted by atomic mass is 10.1. The minimum Gasteiger partial charge on any atom is -0.384 e. The number of aryl methyl sites for hydroxylation is 1. The van der Waals surface area contributed by atoms with Crippen LogP contribution >= 0.6 is 0 Å². The van der Waals surface area contributed by atoms with Gasteiger partial charge in [-0.05, 0) is 82.1 Å². The van der Waals surface area contributed by atoms with E-state index in [1.54, 1.807) is 6.20 Å². The topological polar surface area (TPSA) is 84.3 Å². The normalized spacial score (nSPS) is 17.1. The van der Waals surface area contributed by atoms with Crippen molar-refractivity contribution < 1.29 is 9.53 Å². The molecule has 8 nitrogen and oxygen atoms in total. The number of benzene rings is 1. The molecule has 3 aromatic heterocycles. The first kappa shape index (κ1) is 25.8. The summed E-state index contributed by atoms with van der Waals surface area (Å²) in [6.07, 6.45) is 10.5. The first-order valence-electron chi connectivity index (χ1n) is 14.4. The summed E-state index contributed by atoms with van der Waals surface area (Å²) < 4.78 is 7.40. The third kappa shape index (κ3) is 5.77. The van der Waals surface area contributed by atoms with Gasteiger partial charge in [-0.3, -0.25) is 9.78 Å². The zero-order valence-electron chi connectivity index (χ0n) is 22.8. The molecule has 4 aromatic rings. The van der Waals surface area contributed by atoms with Crippen molar-refractivity contribution in [2.45, 2.75) is 44.6 Å². The fraction of sp³-hybridized carbons (Fsp3) is 0.452. The maximum Gasteiger partial charge on any atom is 0.268 e. The van der Waals surface area contributed by atoms with Gasteiger partial charge in [-0.1, -0.05) is 12.5 Å². The van der Waals surface area contributed by atoms with Gasteiger partial charge >= 0.3 is 0 Å². The molecule has 2 saturated heterocycles. The Kier molecular flexibility index (Phi) is 7.74. The molecule has 0 unspecified atom stereocenters. The van der Waals surface area contributed by atoms with E-state index in [2.05, 4.69) is 44.8 Å². The van der Waals surface area contributed by atoms with Crippen LogP contribution in [0.2, 0.25) is 0 Å². The van der Waals surface area contributed by atoms with Gasteiger partial charge in [-0.15, -0.1) is 0 Å². The molecule has 6 rings (SSSR count). The number of piperidine rings is 1. The van der Waals surface area contributed by atoms with E-state index >= 15 is 0 Å². The summed E-state index contributed by atoms with van der Waals surface area (Å²) in [6, 6.07) is 12.6. The van der Waals surface area contributed by atoms with E-state index in [1.165, 1.54) is 32.4 Å². The third-order valence-corrected chi connectivity index (χ3v) is 8.15. The second-order valence-corrected chi connectivity index (χ2v) is 10.9. The number of pyridine rings is 2. The van der Waals surface area contributed by atoms with E-state index < -0.39 is 0 Å². The molecule has 1 aromatic carbocycles. The number of aromatic nitrogens is 3. The zero-order chi connectivity index (χ0) is 26.6. The Morgan fingerprint density at radius 3 is 2.77 bits per heavy atom. The largest absolute Gasteiger partial charge is 0.384 e. The number of likely N-dealkylation sites (tertiary alicyclic amines) is 1. The van der Waals surface area contributed by atoms with E-state index in [4.69, 9.17) is 9.72 Å². The van der Waals surface area contributed by atoms with E-state index in [1.807, 2.05) is 29.9 Å². The Labute approximate surface area is 229 Å². The molecule has 0 radical (unpaired) electrons. The first-order chi connectivity index (χ1) is 19.2. The third-order valence-electron chi connectivity index (χ3n) is 8.15. The van der Waals surface area contributed by atoms with Crippen LogP contribution in [0.4, 0.5) is 5.69 Å². The average molecular weight is 527 g/mol. The number of hydrogen-bond acceptors (Lipinski definition) is 6. The highest BCUT2D eigenvalue weighted by Crippen LogP contribution is 2.31. The van der Waals surface area contributed by atoms with Crippen molar-refractivity contribution in [3.63, 3.8) is 0 Å². The Morgan fingerprint density at radius 1 is 1.08 bits per heavy atom. The van der Waals surface area contributed by atoms with Crippen molar-refractivity contribution in [2.24, 2.45) is 7.05 Å². The molecule has 1 amide bonds. The number of rotatable bonds is 8. The monoisotopic (exact) mass is 526 g/mol. The van der Waals surface area contributed by atoms with Gasteiger partial charge in [0.1, 0.15) is 5.69 Å². The smallest absolute Gasteiger partial charge is 0.268 e. The van der Waals surface area contributed by atoms with Crippen molar-refractivity contribution in [1.29, 1.82) is 0 Å². The van der Waals surface area contributed by atoms with Crippen LogP contribution in [0.1, 0.15) is 49.0 Å². The van der Waals surface area contributed by atoms with E-state index in [0.717, 1.165) is 71.1 Å². The maximum absolute atomic E-state index is 13.1. The highest BCUT2D eigenvalue weighted by molar-refractivity contribution is 6.00. The number of carbonyl (C=O) groups is 1. The Hall–Kier alpha value is -3.49. The van der Waals surface area contributed by atoms with Crippen LogP contribution in [0.15, 0.2) is 48.8 Å². The minimum atomic E-state index is -0.0329. The van der Waals surface area contributed by atoms with Crippen LogP contribution in [0.25, 0.3) is 33.1 Å². The summed E-state index contributed by atoms with van der Waals surface area (Å²) in [4.78, 5) is 25.0. The van der Waals surface area contributed by atoms with Gasteiger partial charge in [0.2, 0.25) is 0 Å². The second-order valence-electron chi connectivity index (χ2n) is 10.9. The van der Waals surface area contributed by atoms with E-state index in [0.29, 0.717) is 18.9 Å². The molecule has 2 N–H and O–H groups in total. The van der Waals surface area contributed by atoms with Crippen LogP contribution in [0.3, 0.4) is 0 Å². The summed E-state index contributed by atoms with van der Waals surface area (Å²) in [6.45, 7) is 5.91. The second kappa shape index (κ2) is 11.7. The molecule has 0 aliphatic carbocycles. The lowest BCUT2D eigenvalue weighted by Crippen LogP contribution is -2.39. The molecule has 8 heteroatoms. The molecule has 204 valence electrons. The van der Waals surface area contributed by atoms with E-state index in [9.17, 15) is 4.79 Å². The molecular weight excluding hydrogens is 488 g/mol. The SMILES string of the molecule is Cn1c(C(=O)NC2CCOCC2)cc2cc(-c3cc(NCCCN4CCCCC4)c4cnccc4n3)ccc21. The average Bonchev–Trinajstić information content (AvgIpc) is 3.32. The predicted octanol–water partition coefficient (Wildman–Crippen LogP) is 4.99. The molecule has 0 bridgehead atoms. The summed E-state index contributed by atoms with van der Waals surface area (Å²) in [5.74, 6) is -0.0329. The number of nitrogens with zero attached hydrogens (tertiary/aromatic N) is 4. The number of carbonyl (C=O) groups excluding carboxylic acids is 1. The van der Waals surface area contributed by atoms with Gasteiger partial charge in [0.25, 0.3) is 5.91 Å². The fourth-order valence-electron chi connectivity index (χ4n) is 5.90. The van der Waals surface area contributed by atoms with Gasteiger partial charge in [-0.25, -0.2) is 4.98 Å². The Balaban J connectivity index is 1.23. The molecule has 2 fully saturated rings. The molecule has 5 heterocycles. The number of ether oxygens (including phenoxy) is 1. The Morgan fingerprint density at radius 2 is 1.92 bits per heavy atom. The summed E-state index contributed by atoms with van der Waals surface area (Å²) in [5.41, 5.74) is 5.61. The molecular formula is C31H38N6O2. The van der Waals surface area contributed by atoms with Crippen molar-refractivity contribution in [2.75, 3.05) is 44.7 Å². The van der Waals surface area contributed by atoms with Crippen molar-refractivity contribution in [1.82, 2.24) is 24.8 Å². The van der Waals surface area contributed by atoms with Crippen LogP contribution in [-0.4, -0.2) is 70.8 Å². The number of nitrogens with one attached hydrogen (secondary N) is 2. The molecule has 2 aliphatic rings. The zero-order valence-corrected chi connectivity index (χ0v) is 22.8. The summed E-state index contributed by atoms with van der Waals surface area (Å²) in [7, 11) is 1.95. The lowest BCUT2D eigenvalue weighted by Gasteiger charge is -2.26. The standard InChI is InChI=1S/C31H38N6O2/c1-36-29-7-6-22(18-23(29)19-30(36)31(38)34-24-9-16-39-17-10-24)27-20-28(25-21-32-12-8-26(25)35-27)33-11-5-15-37-13-3-2-4-14-37/h6-8,12,18-21,24H,2-5,9-11,13-17H2,1H3,(H,33,35)(H,34,38). The number of hydrogen-bond donors (Lipinski definition) is 2. The van der Waals surface area contributed by atoms with Gasteiger partial charge in [-0.2, -0.15) is 0 Å². The Bertz CT molecular complexity index is 1450. The van der Waals surface area contributed by atoms with Crippen molar-refractivity contribution in [3.05, 3.63) is 54.5 Å². The number of anilines is 1. The van der Waals surface area contributed by atoms with E-state index in [-0.39, 0.29) is 11.9 Å². The minimum absolute atomic E-state index is 0.0329. The van der Waals surface area contributed by atoms with Crippen LogP contribution in [0, 0.1) is 0 Å². The summed E-state index contributed by atoms with van der Waals surface area (Å²) in [5, 5.41) is 8.92. The van der Waals surface area contributed by atoms with Crippen molar-refractivity contribution in [3.8, 4) is 11.3 Å². The highest BCUT2D eigenvalue weighted by atomic mass is 16.5. The number of fused-ring (bicyclic) bond motifs is 2. The van der Waals surface area contributed by atoms with Gasteiger partial charge < -0.3 is 24.8 Å². The number of amides is 1. The van der Waals surface area contributed by atoms with Crippen LogP contribution in [0.5, 0.6) is 0 Å².